The number of rotatable bonds is 0. The third-order valence-electron chi connectivity index (χ3n) is 1.94. The quantitative estimate of drug-likeness (QED) is 0.363. The molecule has 0 radical (unpaired) electrons. The minimum absolute atomic E-state index is 0. The van der Waals surface area contributed by atoms with Crippen LogP contribution in [0.15, 0.2) is 0 Å². The van der Waals surface area contributed by atoms with Crippen molar-refractivity contribution in [3.63, 3.8) is 0 Å². The molecule has 0 bridgehead atoms. The van der Waals surface area contributed by atoms with E-state index in [1.165, 1.54) is 0 Å². The zero-order chi connectivity index (χ0) is 10.2. The van der Waals surface area contributed by atoms with Gasteiger partial charge in [0.1, 0.15) is 5.60 Å². The predicted molar refractivity (Wildman–Crippen MR) is 51.0 cm³/mol. The van der Waals surface area contributed by atoms with Gasteiger partial charge in [-0.05, 0) is 20.8 Å². The van der Waals surface area contributed by atoms with Crippen LogP contribution in [0.4, 0.5) is 4.79 Å². The molecule has 0 aliphatic carbocycles. The molecule has 0 spiro atoms. The Morgan fingerprint density at radius 1 is 1.36 bits per heavy atom. The van der Waals surface area contributed by atoms with Crippen molar-refractivity contribution < 1.29 is 28.4 Å². The van der Waals surface area contributed by atoms with Gasteiger partial charge in [-0.2, -0.15) is 0 Å². The molecule has 1 aliphatic rings. The smallest absolute Gasteiger partial charge is 0.444 e. The van der Waals surface area contributed by atoms with Crippen LogP contribution in [-0.2, 0) is 4.74 Å². The van der Waals surface area contributed by atoms with E-state index in [0.717, 1.165) is 6.42 Å². The van der Waals surface area contributed by atoms with E-state index >= 15 is 0 Å². The fourth-order valence-electron chi connectivity index (χ4n) is 1.31. The number of ether oxygens (including phenoxy) is 1. The topological polar surface area (TPSA) is 29.5 Å². The maximum absolute atomic E-state index is 11.5. The van der Waals surface area contributed by atoms with E-state index in [9.17, 15) is 4.79 Å². The molecule has 0 saturated carbocycles. The van der Waals surface area contributed by atoms with Gasteiger partial charge in [0.15, 0.2) is 0 Å². The van der Waals surface area contributed by atoms with Gasteiger partial charge in [-0.1, -0.05) is 18.5 Å². The summed E-state index contributed by atoms with van der Waals surface area (Å²) in [6.45, 7) is 13.2. The van der Waals surface area contributed by atoms with E-state index in [4.69, 9.17) is 4.74 Å². The Labute approximate surface area is 98.4 Å². The molecule has 1 amide bonds. The van der Waals surface area contributed by atoms with Crippen molar-refractivity contribution >= 4 is 6.09 Å². The van der Waals surface area contributed by atoms with Gasteiger partial charge in [0.2, 0.25) is 0 Å². The van der Waals surface area contributed by atoms with Gasteiger partial charge in [-0.25, -0.2) is 4.79 Å². The summed E-state index contributed by atoms with van der Waals surface area (Å²) >= 11 is 0. The van der Waals surface area contributed by atoms with E-state index in [0.29, 0.717) is 0 Å². The van der Waals surface area contributed by atoms with Gasteiger partial charge in [-0.15, -0.1) is 0 Å². The summed E-state index contributed by atoms with van der Waals surface area (Å²) < 4.78 is 5.19. The minimum atomic E-state index is -0.438. The number of nitrogens with zero attached hydrogens (tertiary/aromatic N) is 1. The van der Waals surface area contributed by atoms with Crippen molar-refractivity contribution in [2.24, 2.45) is 0 Å². The van der Waals surface area contributed by atoms with Crippen molar-refractivity contribution in [1.29, 1.82) is 0 Å². The van der Waals surface area contributed by atoms with E-state index in [1.54, 1.807) is 4.90 Å². The molecule has 14 heavy (non-hydrogen) atoms. The number of amides is 1. The SMILES string of the molecule is [CH2-]C1CC([CH2-])N1C(=O)OC(C)(C)C.[Li+]. The molecule has 1 saturated heterocycles. The van der Waals surface area contributed by atoms with Gasteiger partial charge in [0.05, 0.1) is 0 Å². The third kappa shape index (κ3) is 3.22. The Morgan fingerprint density at radius 2 is 1.79 bits per heavy atom. The molecule has 2 unspecified atom stereocenters. The summed E-state index contributed by atoms with van der Waals surface area (Å²) in [4.78, 5) is 13.1. The van der Waals surface area contributed by atoms with Gasteiger partial charge in [-0.3, -0.25) is 0 Å². The zero-order valence-electron chi connectivity index (χ0n) is 9.54. The number of carbonyl (C=O) groups is 1. The maximum Gasteiger partial charge on any atom is 1.00 e. The molecule has 4 heteroatoms. The summed E-state index contributed by atoms with van der Waals surface area (Å²) in [5.41, 5.74) is -0.438. The molecule has 3 nitrogen and oxygen atoms in total. The van der Waals surface area contributed by atoms with Crippen LogP contribution in [0, 0.1) is 13.8 Å². The van der Waals surface area contributed by atoms with Crippen LogP contribution in [0.25, 0.3) is 0 Å². The van der Waals surface area contributed by atoms with Crippen LogP contribution in [0.1, 0.15) is 27.2 Å². The second-order valence-electron chi connectivity index (χ2n) is 4.43. The fourth-order valence-corrected chi connectivity index (χ4v) is 1.31. The summed E-state index contributed by atoms with van der Waals surface area (Å²) in [7, 11) is 0. The molecule has 1 aliphatic heterocycles. The van der Waals surface area contributed by atoms with E-state index in [2.05, 4.69) is 13.8 Å². The van der Waals surface area contributed by atoms with Crippen molar-refractivity contribution in [1.82, 2.24) is 4.90 Å². The minimum Gasteiger partial charge on any atom is -0.444 e. The zero-order valence-corrected chi connectivity index (χ0v) is 9.54. The predicted octanol–water partition coefficient (Wildman–Crippen LogP) is -0.963. The van der Waals surface area contributed by atoms with Crippen LogP contribution in [0.5, 0.6) is 0 Å². The summed E-state index contributed by atoms with van der Waals surface area (Å²) in [6.07, 6.45) is 0.554. The molecule has 76 valence electrons. The Hall–Kier alpha value is -0.133. The molecule has 1 rings (SSSR count). The summed E-state index contributed by atoms with van der Waals surface area (Å²) in [6, 6.07) is 0.0506. The van der Waals surface area contributed by atoms with Crippen LogP contribution in [0.2, 0.25) is 0 Å². The number of hydrogen-bond acceptors (Lipinski definition) is 2. The van der Waals surface area contributed by atoms with Gasteiger partial charge in [0, 0.05) is 0 Å². The number of carbonyl (C=O) groups excluding carboxylic acids is 1. The van der Waals surface area contributed by atoms with Gasteiger partial charge >= 0.3 is 25.0 Å². The van der Waals surface area contributed by atoms with Crippen LogP contribution in [-0.4, -0.2) is 28.7 Å². The second kappa shape index (κ2) is 4.59. The maximum atomic E-state index is 11.5. The number of hydrogen-bond donors (Lipinski definition) is 0. The molecule has 0 aromatic heterocycles. The first-order chi connectivity index (χ1) is 5.81. The third-order valence-corrected chi connectivity index (χ3v) is 1.94. The first-order valence-corrected chi connectivity index (χ1v) is 4.49. The number of likely N-dealkylation sites (tertiary alicyclic amines) is 1. The first kappa shape index (κ1) is 13.9. The van der Waals surface area contributed by atoms with Crippen molar-refractivity contribution in [3.05, 3.63) is 13.8 Å². The average Bonchev–Trinajstić information content (AvgIpc) is 1.80. The van der Waals surface area contributed by atoms with Crippen LogP contribution >= 0.6 is 0 Å². The monoisotopic (exact) mass is 190 g/mol. The Morgan fingerprint density at radius 3 is 2.07 bits per heavy atom. The van der Waals surface area contributed by atoms with Gasteiger partial charge in [0.25, 0.3) is 0 Å². The molecular formula is C10H17LiNO2-. The molecule has 2 atom stereocenters. The Bertz CT molecular complexity index is 205. The first-order valence-electron chi connectivity index (χ1n) is 4.49. The van der Waals surface area contributed by atoms with E-state index in [1.807, 2.05) is 20.8 Å². The van der Waals surface area contributed by atoms with Crippen molar-refractivity contribution in [3.8, 4) is 0 Å². The molecule has 0 aromatic carbocycles. The average molecular weight is 190 g/mol. The largest absolute Gasteiger partial charge is 1.00 e. The summed E-state index contributed by atoms with van der Waals surface area (Å²) in [5, 5.41) is 0. The van der Waals surface area contributed by atoms with Crippen LogP contribution in [0.3, 0.4) is 0 Å². The second-order valence-corrected chi connectivity index (χ2v) is 4.43. The van der Waals surface area contributed by atoms with E-state index < -0.39 is 5.60 Å². The fraction of sp³-hybridized carbons (Fsp3) is 0.700. The molecule has 0 aromatic rings. The standard InChI is InChI=1S/C10H17NO2.Li/c1-7-6-8(2)11(7)9(12)13-10(3,4)5;/h7-8H,1-2,6H2,3-5H3;/q-2;+1. The van der Waals surface area contributed by atoms with Crippen LogP contribution < -0.4 is 18.9 Å². The van der Waals surface area contributed by atoms with E-state index in [-0.39, 0.29) is 37.0 Å². The van der Waals surface area contributed by atoms with Gasteiger partial charge < -0.3 is 23.5 Å². The van der Waals surface area contributed by atoms with Crippen molar-refractivity contribution in [2.45, 2.75) is 44.9 Å². The Balaban J connectivity index is 0.00000169. The molecule has 1 fully saturated rings. The normalized spacial score (nSPS) is 26.2. The van der Waals surface area contributed by atoms with Crippen molar-refractivity contribution in [2.75, 3.05) is 0 Å². The molecule has 1 heterocycles. The summed E-state index contributed by atoms with van der Waals surface area (Å²) in [5.74, 6) is 0. The molecular weight excluding hydrogens is 173 g/mol. The Kier molecular flexibility index (Phi) is 4.55. The molecule has 0 N–H and O–H groups in total.